The fraction of sp³-hybridized carbons (Fsp3) is 0.292. The largest absolute Gasteiger partial charge is 0.457 e. The molecule has 2 unspecified atom stereocenters. The Balaban J connectivity index is 0.000000215. The van der Waals surface area contributed by atoms with Crippen molar-refractivity contribution in [2.45, 2.75) is 77.1 Å². The van der Waals surface area contributed by atoms with Crippen LogP contribution in [0.25, 0.3) is 0 Å². The van der Waals surface area contributed by atoms with Crippen LogP contribution in [0.4, 0.5) is 0 Å². The number of hydrogen-bond donors (Lipinski definition) is 2. The lowest BCUT2D eigenvalue weighted by atomic mass is 9.93. The molecular weight excluding hydrogens is 761 g/mol. The third-order valence-electron chi connectivity index (χ3n) is 9.90. The van der Waals surface area contributed by atoms with E-state index in [9.17, 15) is 28.8 Å². The van der Waals surface area contributed by atoms with Gasteiger partial charge in [0.15, 0.2) is 0 Å². The molecule has 308 valence electrons. The number of aryl methyl sites for hydroxylation is 2. The van der Waals surface area contributed by atoms with Crippen molar-refractivity contribution < 1.29 is 51.9 Å². The zero-order valence-corrected chi connectivity index (χ0v) is 32.7. The standard InChI is InChI=1S/2C24H24N2O4/c2*1-16-10-11-18-20(15-16)30-19-8-5-4-7-17(19)24(18)25-21(27)9-3-2-6-14-26-22(28)12-13-23(26)29/h2*4-5,7-8,10-13,15,24H,2-3,6,9,14H2,1H3,(H,25,27)/i2D2,3D2,6D2,9D2,14D2;. The minimum absolute atomic E-state index is 0.0294. The lowest BCUT2D eigenvalue weighted by Gasteiger charge is -2.29. The average Bonchev–Trinajstić information content (AvgIpc) is 3.82. The van der Waals surface area contributed by atoms with E-state index in [1.165, 1.54) is 17.1 Å². The number of carbonyl (C=O) groups excluding carboxylic acids is 6. The monoisotopic (exact) mass is 818 g/mol. The van der Waals surface area contributed by atoms with E-state index in [1.54, 1.807) is 49.4 Å². The Morgan fingerprint density at radius 3 is 1.60 bits per heavy atom. The summed E-state index contributed by atoms with van der Waals surface area (Å²) in [5.41, 5.74) is 4.62. The van der Waals surface area contributed by atoms with Gasteiger partial charge < -0.3 is 20.1 Å². The molecule has 4 aromatic rings. The maximum atomic E-state index is 13.4. The predicted octanol–water partition coefficient (Wildman–Crippen LogP) is 7.58. The molecule has 0 bridgehead atoms. The van der Waals surface area contributed by atoms with E-state index in [1.807, 2.05) is 49.4 Å². The predicted molar refractivity (Wildman–Crippen MR) is 224 cm³/mol. The number of ether oxygens (including phenoxy) is 2. The van der Waals surface area contributed by atoms with Gasteiger partial charge in [0.05, 0.1) is 12.1 Å². The van der Waals surface area contributed by atoms with Crippen LogP contribution < -0.4 is 20.1 Å². The number of nitrogens with zero attached hydrogens (tertiary/aromatic N) is 2. The van der Waals surface area contributed by atoms with E-state index >= 15 is 0 Å². The summed E-state index contributed by atoms with van der Waals surface area (Å²) in [6.07, 6.45) is -9.59. The van der Waals surface area contributed by atoms with Crippen LogP contribution in [0.2, 0.25) is 0 Å². The highest BCUT2D eigenvalue weighted by Gasteiger charge is 2.30. The Bertz CT molecular complexity index is 2820. The van der Waals surface area contributed by atoms with E-state index in [0.717, 1.165) is 40.2 Å². The third-order valence-corrected chi connectivity index (χ3v) is 9.90. The van der Waals surface area contributed by atoms with Gasteiger partial charge >= 0.3 is 0 Å². The highest BCUT2D eigenvalue weighted by Crippen LogP contribution is 2.44. The first kappa shape index (κ1) is 30.3. The molecule has 0 spiro atoms. The number of amides is 6. The van der Waals surface area contributed by atoms with E-state index in [0.29, 0.717) is 60.6 Å². The lowest BCUT2D eigenvalue weighted by molar-refractivity contribution is -0.138. The molecule has 0 saturated carbocycles. The molecule has 0 saturated heterocycles. The molecule has 4 aliphatic rings. The summed E-state index contributed by atoms with van der Waals surface area (Å²) >= 11 is 0. The highest BCUT2D eigenvalue weighted by atomic mass is 16.5. The number of rotatable bonds is 14. The van der Waals surface area contributed by atoms with Crippen molar-refractivity contribution >= 4 is 35.4 Å². The second-order valence-corrected chi connectivity index (χ2v) is 14.2. The summed E-state index contributed by atoms with van der Waals surface area (Å²) in [6.45, 7) is 0.437. The Hall–Kier alpha value is -6.82. The molecule has 4 aromatic carbocycles. The molecule has 2 N–H and O–H groups in total. The molecular formula is C48H48N4O8. The molecule has 0 fully saturated rings. The number of nitrogens with one attached hydrogen (secondary N) is 2. The van der Waals surface area contributed by atoms with Gasteiger partial charge in [-0.2, -0.15) is 0 Å². The molecule has 12 heteroatoms. The number of fused-ring (bicyclic) bond motifs is 4. The molecule has 60 heavy (non-hydrogen) atoms. The second kappa shape index (κ2) is 18.8. The van der Waals surface area contributed by atoms with Gasteiger partial charge in [-0.05, 0) is 74.8 Å². The first-order valence-corrected chi connectivity index (χ1v) is 19.3. The number of benzene rings is 4. The molecule has 6 amide bonds. The smallest absolute Gasteiger partial charge is 0.253 e. The third kappa shape index (κ3) is 9.71. The van der Waals surface area contributed by atoms with Gasteiger partial charge in [0.1, 0.15) is 23.0 Å². The van der Waals surface area contributed by atoms with Gasteiger partial charge in [-0.25, -0.2) is 0 Å². The minimum Gasteiger partial charge on any atom is -0.457 e. The zero-order valence-electron chi connectivity index (χ0n) is 42.7. The van der Waals surface area contributed by atoms with Crippen LogP contribution >= 0.6 is 0 Å². The van der Waals surface area contributed by atoms with Crippen LogP contribution in [0.15, 0.2) is 109 Å². The van der Waals surface area contributed by atoms with Crippen molar-refractivity contribution in [3.8, 4) is 23.0 Å². The first-order valence-electron chi connectivity index (χ1n) is 24.3. The maximum absolute atomic E-state index is 13.4. The molecule has 0 radical (unpaired) electrons. The van der Waals surface area contributed by atoms with Crippen LogP contribution in [-0.4, -0.2) is 58.3 Å². The van der Waals surface area contributed by atoms with Crippen LogP contribution in [0.5, 0.6) is 23.0 Å². The summed E-state index contributed by atoms with van der Waals surface area (Å²) in [5, 5.41) is 5.53. The second-order valence-electron chi connectivity index (χ2n) is 14.2. The summed E-state index contributed by atoms with van der Waals surface area (Å²) < 4.78 is 94.5. The normalized spacial score (nSPS) is 20.5. The Morgan fingerprint density at radius 1 is 0.567 bits per heavy atom. The molecule has 12 nitrogen and oxygen atoms in total. The number of carbonyl (C=O) groups is 6. The van der Waals surface area contributed by atoms with Gasteiger partial charge in [0.2, 0.25) is 11.8 Å². The van der Waals surface area contributed by atoms with Crippen LogP contribution in [0, 0.1) is 13.8 Å². The first-order chi connectivity index (χ1) is 32.8. The van der Waals surface area contributed by atoms with Crippen molar-refractivity contribution in [2.75, 3.05) is 13.0 Å². The topological polar surface area (TPSA) is 151 Å². The van der Waals surface area contributed by atoms with Gasteiger partial charge in [0.25, 0.3) is 23.6 Å². The lowest BCUT2D eigenvalue weighted by Crippen LogP contribution is -2.31. The van der Waals surface area contributed by atoms with Crippen molar-refractivity contribution in [1.29, 1.82) is 0 Å². The maximum Gasteiger partial charge on any atom is 0.253 e. The number of para-hydroxylation sites is 2. The molecule has 4 heterocycles. The van der Waals surface area contributed by atoms with Crippen molar-refractivity contribution in [3.63, 3.8) is 0 Å². The summed E-state index contributed by atoms with van der Waals surface area (Å²) in [5.74, 6) is -2.59. The Kier molecular flexibility index (Phi) is 9.50. The average molecular weight is 819 g/mol. The molecule has 2 atom stereocenters. The highest BCUT2D eigenvalue weighted by molar-refractivity contribution is 6.13. The Morgan fingerprint density at radius 2 is 1.05 bits per heavy atom. The summed E-state index contributed by atoms with van der Waals surface area (Å²) in [4.78, 5) is 74.2. The van der Waals surface area contributed by atoms with Crippen molar-refractivity contribution in [3.05, 3.63) is 143 Å². The summed E-state index contributed by atoms with van der Waals surface area (Å²) in [7, 11) is 0. The van der Waals surface area contributed by atoms with Crippen molar-refractivity contribution in [1.82, 2.24) is 20.4 Å². The molecule has 8 rings (SSSR count). The Labute approximate surface area is 363 Å². The molecule has 4 aliphatic heterocycles. The van der Waals surface area contributed by atoms with Crippen LogP contribution in [0.1, 0.15) is 110 Å². The zero-order chi connectivity index (χ0) is 51.1. The number of imide groups is 2. The van der Waals surface area contributed by atoms with Gasteiger partial charge in [-0.1, -0.05) is 73.5 Å². The number of hydrogen-bond acceptors (Lipinski definition) is 8. The fourth-order valence-electron chi connectivity index (χ4n) is 6.94. The van der Waals surface area contributed by atoms with Gasteiger partial charge in [-0.15, -0.1) is 0 Å². The van der Waals surface area contributed by atoms with Gasteiger partial charge in [0, 0.05) is 86.1 Å². The van der Waals surface area contributed by atoms with E-state index in [4.69, 9.17) is 23.2 Å². The molecule has 0 aromatic heterocycles. The van der Waals surface area contributed by atoms with Crippen molar-refractivity contribution in [2.24, 2.45) is 0 Å². The van der Waals surface area contributed by atoms with E-state index < -0.39 is 55.8 Å². The quantitative estimate of drug-likeness (QED) is 0.0977. The van der Waals surface area contributed by atoms with Gasteiger partial charge in [-0.3, -0.25) is 38.6 Å². The fourth-order valence-corrected chi connectivity index (χ4v) is 6.94. The number of unbranched alkanes of at least 4 members (excludes halogenated alkanes) is 2. The molecule has 0 aliphatic carbocycles. The van der Waals surface area contributed by atoms with Crippen LogP contribution in [0.3, 0.4) is 0 Å². The summed E-state index contributed by atoms with van der Waals surface area (Å²) in [6, 6.07) is 24.0. The van der Waals surface area contributed by atoms with E-state index in [2.05, 4.69) is 10.6 Å². The SMILES string of the molecule is Cc1ccc2c(c1)Oc1ccccc1C2NC(=O)CCCCCN1C(=O)C=CC1=O.[2H]C([2H])(C(=O)NC1c2ccccc2Oc2cc(C)ccc21)C([2H])([2H])C([2H])([2H])C([2H])([2H])C([2H])([2H])N1C(=O)C=CC1=O. The van der Waals surface area contributed by atoms with E-state index in [-0.39, 0.29) is 28.7 Å². The van der Waals surface area contributed by atoms with Crippen LogP contribution in [-0.2, 0) is 28.8 Å². The minimum atomic E-state index is -4.11.